The predicted octanol–water partition coefficient (Wildman–Crippen LogP) is 1.33. The molecule has 2 rings (SSSR count). The fraction of sp³-hybridized carbons (Fsp3) is 1.00. The molecule has 0 aromatic rings. The van der Waals surface area contributed by atoms with E-state index in [-0.39, 0.29) is 6.04 Å². The van der Waals surface area contributed by atoms with Crippen LogP contribution in [0.4, 0.5) is 0 Å². The summed E-state index contributed by atoms with van der Waals surface area (Å²) < 4.78 is 29.5. The molecule has 0 amide bonds. The van der Waals surface area contributed by atoms with Crippen LogP contribution in [0.5, 0.6) is 0 Å². The van der Waals surface area contributed by atoms with E-state index in [0.717, 1.165) is 51.0 Å². The maximum Gasteiger partial charge on any atom is 0.279 e. The minimum atomic E-state index is -3.30. The zero-order valence-electron chi connectivity index (χ0n) is 12.8. The molecule has 1 unspecified atom stereocenters. The molecule has 2 aliphatic rings. The van der Waals surface area contributed by atoms with Gasteiger partial charge >= 0.3 is 0 Å². The van der Waals surface area contributed by atoms with Crippen LogP contribution in [0, 0.1) is 11.8 Å². The van der Waals surface area contributed by atoms with E-state index in [1.54, 1.807) is 4.31 Å². The van der Waals surface area contributed by atoms with Crippen molar-refractivity contribution in [3.8, 4) is 0 Å². The van der Waals surface area contributed by atoms with Gasteiger partial charge < -0.3 is 5.32 Å². The maximum atomic E-state index is 12.5. The van der Waals surface area contributed by atoms with Crippen molar-refractivity contribution < 1.29 is 8.42 Å². The summed E-state index contributed by atoms with van der Waals surface area (Å²) in [5.74, 6) is 1.18. The highest BCUT2D eigenvalue weighted by atomic mass is 32.2. The molecule has 1 saturated carbocycles. The summed E-state index contributed by atoms with van der Waals surface area (Å²) in [6, 6.07) is 0.140. The first-order valence-electron chi connectivity index (χ1n) is 7.93. The Bertz CT molecular complexity index is 389. The van der Waals surface area contributed by atoms with E-state index in [2.05, 4.69) is 17.0 Å². The fourth-order valence-electron chi connectivity index (χ4n) is 3.36. The van der Waals surface area contributed by atoms with Crippen LogP contribution in [0.15, 0.2) is 0 Å². The lowest BCUT2D eigenvalue weighted by atomic mass is 9.88. The molecule has 1 aliphatic heterocycles. The van der Waals surface area contributed by atoms with Gasteiger partial charge in [-0.3, -0.25) is 0 Å². The van der Waals surface area contributed by atoms with Gasteiger partial charge in [0, 0.05) is 19.1 Å². The Morgan fingerprint density at radius 1 is 1.15 bits per heavy atom. The summed E-state index contributed by atoms with van der Waals surface area (Å²) in [6.45, 7) is 4.46. The summed E-state index contributed by atoms with van der Waals surface area (Å²) in [5.41, 5.74) is 0. The average molecular weight is 303 g/mol. The normalized spacial score (nSPS) is 33.2. The van der Waals surface area contributed by atoms with Crippen molar-refractivity contribution in [2.24, 2.45) is 11.8 Å². The summed E-state index contributed by atoms with van der Waals surface area (Å²) in [7, 11) is -1.37. The van der Waals surface area contributed by atoms with E-state index >= 15 is 0 Å². The lowest BCUT2D eigenvalue weighted by Crippen LogP contribution is -2.50. The van der Waals surface area contributed by atoms with E-state index in [9.17, 15) is 8.42 Å². The Morgan fingerprint density at radius 2 is 1.85 bits per heavy atom. The standard InChI is InChI=1S/C14H29N3O2S/c1-12-5-7-14(8-6-12)16-20(18,19)17-9-3-4-13(11-17)10-15-2/h12-16H,3-11H2,1-2H3. The van der Waals surface area contributed by atoms with Gasteiger partial charge in [-0.05, 0) is 64.0 Å². The van der Waals surface area contributed by atoms with Crippen molar-refractivity contribution >= 4 is 10.2 Å². The molecular weight excluding hydrogens is 274 g/mol. The highest BCUT2D eigenvalue weighted by molar-refractivity contribution is 7.87. The minimum Gasteiger partial charge on any atom is -0.319 e. The van der Waals surface area contributed by atoms with Crippen LogP contribution in [-0.4, -0.2) is 45.4 Å². The van der Waals surface area contributed by atoms with Crippen LogP contribution in [0.1, 0.15) is 45.4 Å². The second kappa shape index (κ2) is 7.20. The van der Waals surface area contributed by atoms with Gasteiger partial charge in [-0.1, -0.05) is 6.92 Å². The van der Waals surface area contributed by atoms with Crippen molar-refractivity contribution in [1.29, 1.82) is 0 Å². The third-order valence-corrected chi connectivity index (χ3v) is 6.29. The SMILES string of the molecule is CNCC1CCCN(S(=O)(=O)NC2CCC(C)CC2)C1. The molecule has 0 radical (unpaired) electrons. The molecule has 1 heterocycles. The summed E-state index contributed by atoms with van der Waals surface area (Å²) in [6.07, 6.45) is 6.32. The molecule has 20 heavy (non-hydrogen) atoms. The largest absolute Gasteiger partial charge is 0.319 e. The molecule has 1 aliphatic carbocycles. The third-order valence-electron chi connectivity index (χ3n) is 4.65. The van der Waals surface area contributed by atoms with Gasteiger partial charge in [-0.25, -0.2) is 0 Å². The molecule has 2 N–H and O–H groups in total. The summed E-state index contributed by atoms with van der Waals surface area (Å²) in [4.78, 5) is 0. The molecule has 2 fully saturated rings. The van der Waals surface area contributed by atoms with Gasteiger partial charge in [0.25, 0.3) is 10.2 Å². The van der Waals surface area contributed by atoms with Crippen LogP contribution in [0.2, 0.25) is 0 Å². The van der Waals surface area contributed by atoms with Crippen LogP contribution in [0.25, 0.3) is 0 Å². The monoisotopic (exact) mass is 303 g/mol. The molecule has 1 saturated heterocycles. The van der Waals surface area contributed by atoms with Gasteiger partial charge in [0.15, 0.2) is 0 Å². The number of nitrogens with zero attached hydrogens (tertiary/aromatic N) is 1. The van der Waals surface area contributed by atoms with Crippen molar-refractivity contribution in [3.63, 3.8) is 0 Å². The molecule has 6 heteroatoms. The van der Waals surface area contributed by atoms with Gasteiger partial charge in [0.2, 0.25) is 0 Å². The zero-order chi connectivity index (χ0) is 14.6. The summed E-state index contributed by atoms with van der Waals surface area (Å²) >= 11 is 0. The van der Waals surface area contributed by atoms with E-state index in [0.29, 0.717) is 19.0 Å². The molecule has 5 nitrogen and oxygen atoms in total. The second-order valence-electron chi connectivity index (χ2n) is 6.50. The number of hydrogen-bond acceptors (Lipinski definition) is 3. The van der Waals surface area contributed by atoms with E-state index in [4.69, 9.17) is 0 Å². The van der Waals surface area contributed by atoms with Crippen LogP contribution >= 0.6 is 0 Å². The molecule has 0 spiro atoms. The van der Waals surface area contributed by atoms with Gasteiger partial charge in [-0.2, -0.15) is 17.4 Å². The number of nitrogens with one attached hydrogen (secondary N) is 2. The lowest BCUT2D eigenvalue weighted by Gasteiger charge is -2.34. The molecule has 0 aromatic heterocycles. The second-order valence-corrected chi connectivity index (χ2v) is 8.21. The van der Waals surface area contributed by atoms with E-state index < -0.39 is 10.2 Å². The maximum absolute atomic E-state index is 12.5. The van der Waals surface area contributed by atoms with Crippen molar-refractivity contribution in [2.75, 3.05) is 26.7 Å². The molecular formula is C14H29N3O2S. The Labute approximate surface area is 123 Å². The van der Waals surface area contributed by atoms with Crippen LogP contribution < -0.4 is 10.0 Å². The highest BCUT2D eigenvalue weighted by Gasteiger charge is 2.31. The van der Waals surface area contributed by atoms with Crippen LogP contribution in [-0.2, 0) is 10.2 Å². The smallest absolute Gasteiger partial charge is 0.279 e. The van der Waals surface area contributed by atoms with Gasteiger partial charge in [-0.15, -0.1) is 0 Å². The Balaban J connectivity index is 1.89. The summed E-state index contributed by atoms with van der Waals surface area (Å²) in [5, 5.41) is 3.15. The molecule has 0 aromatic carbocycles. The van der Waals surface area contributed by atoms with Crippen LogP contribution in [0.3, 0.4) is 0 Å². The van der Waals surface area contributed by atoms with Crippen molar-refractivity contribution in [1.82, 2.24) is 14.3 Å². The molecule has 1 atom stereocenters. The van der Waals surface area contributed by atoms with Gasteiger partial charge in [0.1, 0.15) is 0 Å². The van der Waals surface area contributed by atoms with E-state index in [1.165, 1.54) is 0 Å². The zero-order valence-corrected chi connectivity index (χ0v) is 13.6. The quantitative estimate of drug-likeness (QED) is 0.805. The highest BCUT2D eigenvalue weighted by Crippen LogP contribution is 2.25. The number of rotatable bonds is 5. The third kappa shape index (κ3) is 4.41. The van der Waals surface area contributed by atoms with Gasteiger partial charge in [0.05, 0.1) is 0 Å². The average Bonchev–Trinajstić information content (AvgIpc) is 2.42. The predicted molar refractivity (Wildman–Crippen MR) is 81.7 cm³/mol. The van der Waals surface area contributed by atoms with Crippen molar-refractivity contribution in [3.05, 3.63) is 0 Å². The van der Waals surface area contributed by atoms with Crippen molar-refractivity contribution in [2.45, 2.75) is 51.5 Å². The Morgan fingerprint density at radius 3 is 2.50 bits per heavy atom. The lowest BCUT2D eigenvalue weighted by molar-refractivity contribution is 0.255. The fourth-order valence-corrected chi connectivity index (χ4v) is 4.95. The Hall–Kier alpha value is -0.170. The number of hydrogen-bond donors (Lipinski definition) is 2. The first kappa shape index (κ1) is 16.2. The molecule has 0 bridgehead atoms. The first-order chi connectivity index (χ1) is 9.51. The Kier molecular flexibility index (Phi) is 5.84. The molecule has 118 valence electrons. The first-order valence-corrected chi connectivity index (χ1v) is 9.37. The minimum absolute atomic E-state index is 0.140. The number of piperidine rings is 1. The van der Waals surface area contributed by atoms with E-state index in [1.807, 2.05) is 7.05 Å². The topological polar surface area (TPSA) is 61.4 Å².